The summed E-state index contributed by atoms with van der Waals surface area (Å²) in [5.41, 5.74) is 1.75. The van der Waals surface area contributed by atoms with Gasteiger partial charge in [0.25, 0.3) is 0 Å². The van der Waals surface area contributed by atoms with Gasteiger partial charge in [-0.25, -0.2) is 4.98 Å². The second-order valence-electron chi connectivity index (χ2n) is 3.72. The van der Waals surface area contributed by atoms with Crippen molar-refractivity contribution in [1.82, 2.24) is 15.0 Å². The lowest BCUT2D eigenvalue weighted by molar-refractivity contribution is 1.11. The molecule has 0 fully saturated rings. The zero-order valence-corrected chi connectivity index (χ0v) is 13.5. The van der Waals surface area contributed by atoms with Gasteiger partial charge in [0.05, 0.1) is 9.99 Å². The average molecular weight is 397 g/mol. The van der Waals surface area contributed by atoms with E-state index >= 15 is 0 Å². The zero-order valence-electron chi connectivity index (χ0n) is 9.55. The Morgan fingerprint density at radius 2 is 1.89 bits per heavy atom. The molecule has 3 aromatic rings. The van der Waals surface area contributed by atoms with Crippen molar-refractivity contribution in [3.05, 3.63) is 51.8 Å². The summed E-state index contributed by atoms with van der Waals surface area (Å²) < 4.78 is 1.90. The van der Waals surface area contributed by atoms with E-state index < -0.39 is 0 Å². The van der Waals surface area contributed by atoms with Crippen LogP contribution in [0.3, 0.4) is 0 Å². The molecule has 19 heavy (non-hydrogen) atoms. The maximum atomic E-state index is 4.43. The molecule has 0 aliphatic heterocycles. The molecule has 0 atom stereocenters. The average Bonchev–Trinajstić information content (AvgIpc) is 2.41. The molecule has 0 saturated heterocycles. The van der Waals surface area contributed by atoms with E-state index in [4.69, 9.17) is 0 Å². The molecule has 6 heteroatoms. The van der Waals surface area contributed by atoms with E-state index in [-0.39, 0.29) is 0 Å². The summed E-state index contributed by atoms with van der Waals surface area (Å²) in [5.74, 6) is 0. The first-order valence-corrected chi connectivity index (χ1v) is 7.83. The van der Waals surface area contributed by atoms with E-state index in [2.05, 4.69) is 46.8 Å². The van der Waals surface area contributed by atoms with E-state index in [0.717, 1.165) is 29.9 Å². The monoisotopic (exact) mass is 395 g/mol. The molecule has 0 spiro atoms. The maximum Gasteiger partial charge on any atom is 0.115 e. The van der Waals surface area contributed by atoms with Gasteiger partial charge in [-0.3, -0.25) is 9.97 Å². The van der Waals surface area contributed by atoms with Crippen LogP contribution in [0, 0.1) is 0 Å². The molecule has 0 saturated carbocycles. The Bertz CT molecular complexity index is 749. The summed E-state index contributed by atoms with van der Waals surface area (Å²) in [6, 6.07) is 7.78. The van der Waals surface area contributed by atoms with Crippen molar-refractivity contribution in [3.63, 3.8) is 0 Å². The summed E-state index contributed by atoms with van der Waals surface area (Å²) in [6.07, 6.45) is 5.34. The summed E-state index contributed by atoms with van der Waals surface area (Å²) >= 11 is 8.48. The molecule has 0 aliphatic rings. The van der Waals surface area contributed by atoms with Crippen molar-refractivity contribution in [1.29, 1.82) is 0 Å². The highest BCUT2D eigenvalue weighted by atomic mass is 79.9. The normalized spacial score (nSPS) is 10.8. The van der Waals surface area contributed by atoms with Gasteiger partial charge in [0.15, 0.2) is 0 Å². The predicted molar refractivity (Wildman–Crippen MR) is 83.3 cm³/mol. The quantitative estimate of drug-likeness (QED) is 0.629. The van der Waals surface area contributed by atoms with Crippen LogP contribution < -0.4 is 0 Å². The molecule has 0 bridgehead atoms. The molecular weight excluding hydrogens is 390 g/mol. The topological polar surface area (TPSA) is 38.7 Å². The second-order valence-corrected chi connectivity index (χ2v) is 6.52. The van der Waals surface area contributed by atoms with Crippen molar-refractivity contribution in [2.24, 2.45) is 0 Å². The molecular formula is C13H7Br2N3S. The highest BCUT2D eigenvalue weighted by Gasteiger charge is 2.08. The molecule has 94 valence electrons. The molecule has 0 unspecified atom stereocenters. The van der Waals surface area contributed by atoms with Crippen molar-refractivity contribution < 1.29 is 0 Å². The van der Waals surface area contributed by atoms with Crippen LogP contribution in [0.15, 0.2) is 61.7 Å². The van der Waals surface area contributed by atoms with Gasteiger partial charge in [-0.1, -0.05) is 11.8 Å². The van der Waals surface area contributed by atoms with Gasteiger partial charge >= 0.3 is 0 Å². The summed E-state index contributed by atoms with van der Waals surface area (Å²) in [7, 11) is 0. The van der Waals surface area contributed by atoms with Crippen molar-refractivity contribution in [2.75, 3.05) is 0 Å². The van der Waals surface area contributed by atoms with Gasteiger partial charge in [0.2, 0.25) is 0 Å². The third kappa shape index (κ3) is 2.80. The summed E-state index contributed by atoms with van der Waals surface area (Å²) in [6.45, 7) is 0. The number of pyridine rings is 3. The number of hydrogen-bond donors (Lipinski definition) is 0. The number of hydrogen-bond acceptors (Lipinski definition) is 4. The Labute approximate surface area is 131 Å². The molecule has 3 aromatic heterocycles. The fourth-order valence-corrected chi connectivity index (χ4v) is 3.30. The van der Waals surface area contributed by atoms with Gasteiger partial charge in [-0.05, 0) is 56.1 Å². The van der Waals surface area contributed by atoms with Gasteiger partial charge in [-0.2, -0.15) is 0 Å². The molecule has 0 amide bonds. The number of aromatic nitrogens is 3. The largest absolute Gasteiger partial charge is 0.254 e. The minimum atomic E-state index is 0.867. The lowest BCUT2D eigenvalue weighted by atomic mass is 10.3. The van der Waals surface area contributed by atoms with Crippen LogP contribution in [0.4, 0.5) is 0 Å². The molecule has 0 radical (unpaired) electrons. The molecule has 0 aromatic carbocycles. The predicted octanol–water partition coefficient (Wildman–Crippen LogP) is 4.70. The maximum absolute atomic E-state index is 4.43. The Morgan fingerprint density at radius 1 is 1.00 bits per heavy atom. The van der Waals surface area contributed by atoms with E-state index in [1.807, 2.05) is 24.3 Å². The second kappa shape index (κ2) is 5.56. The van der Waals surface area contributed by atoms with Crippen LogP contribution >= 0.6 is 43.6 Å². The SMILES string of the molecule is Brc1cnc2c(Sc3ncccc3Br)ccnc2c1. The van der Waals surface area contributed by atoms with Crippen molar-refractivity contribution in [3.8, 4) is 0 Å². The highest BCUT2D eigenvalue weighted by molar-refractivity contribution is 9.10. The Morgan fingerprint density at radius 3 is 2.74 bits per heavy atom. The van der Waals surface area contributed by atoms with Crippen molar-refractivity contribution in [2.45, 2.75) is 9.92 Å². The fourth-order valence-electron chi connectivity index (χ4n) is 1.61. The number of halogens is 2. The Kier molecular flexibility index (Phi) is 3.81. The molecule has 3 nitrogen and oxygen atoms in total. The lowest BCUT2D eigenvalue weighted by Gasteiger charge is -2.05. The van der Waals surface area contributed by atoms with Crippen LogP contribution in [0.5, 0.6) is 0 Å². The van der Waals surface area contributed by atoms with Gasteiger partial charge in [0, 0.05) is 28.0 Å². The molecule has 3 rings (SSSR count). The standard InChI is InChI=1S/C13H7Br2N3S/c14-8-6-10-12(18-7-8)11(3-5-16-10)19-13-9(15)2-1-4-17-13/h1-7H. The first kappa shape index (κ1) is 13.0. The third-order valence-electron chi connectivity index (χ3n) is 2.44. The van der Waals surface area contributed by atoms with E-state index in [9.17, 15) is 0 Å². The van der Waals surface area contributed by atoms with Gasteiger partial charge in [-0.15, -0.1) is 0 Å². The van der Waals surface area contributed by atoms with E-state index in [1.54, 1.807) is 30.4 Å². The van der Waals surface area contributed by atoms with Gasteiger partial charge in [0.1, 0.15) is 10.5 Å². The van der Waals surface area contributed by atoms with Crippen LogP contribution in [-0.4, -0.2) is 15.0 Å². The smallest absolute Gasteiger partial charge is 0.115 e. The minimum Gasteiger partial charge on any atom is -0.254 e. The van der Waals surface area contributed by atoms with Crippen LogP contribution in [-0.2, 0) is 0 Å². The molecule has 0 aliphatic carbocycles. The Hall–Kier alpha value is -0.980. The number of fused-ring (bicyclic) bond motifs is 1. The summed E-state index contributed by atoms with van der Waals surface area (Å²) in [5, 5.41) is 0.916. The van der Waals surface area contributed by atoms with E-state index in [1.165, 1.54) is 0 Å². The molecule has 3 heterocycles. The van der Waals surface area contributed by atoms with Gasteiger partial charge < -0.3 is 0 Å². The summed E-state index contributed by atoms with van der Waals surface area (Å²) in [4.78, 5) is 14.2. The first-order chi connectivity index (χ1) is 9.24. The zero-order chi connectivity index (χ0) is 13.2. The number of rotatable bonds is 2. The van der Waals surface area contributed by atoms with Crippen molar-refractivity contribution >= 4 is 54.7 Å². The van der Waals surface area contributed by atoms with Crippen LogP contribution in [0.2, 0.25) is 0 Å². The lowest BCUT2D eigenvalue weighted by Crippen LogP contribution is -1.87. The van der Waals surface area contributed by atoms with Crippen LogP contribution in [0.25, 0.3) is 11.0 Å². The fraction of sp³-hybridized carbons (Fsp3) is 0. The molecule has 0 N–H and O–H groups in total. The van der Waals surface area contributed by atoms with E-state index in [0.29, 0.717) is 0 Å². The van der Waals surface area contributed by atoms with Crippen LogP contribution in [0.1, 0.15) is 0 Å². The number of nitrogens with zero attached hydrogens (tertiary/aromatic N) is 3. The highest BCUT2D eigenvalue weighted by Crippen LogP contribution is 2.34. The third-order valence-corrected chi connectivity index (χ3v) is 4.84. The Balaban J connectivity index is 2.09. The first-order valence-electron chi connectivity index (χ1n) is 5.43. The minimum absolute atomic E-state index is 0.867.